The number of aliphatic carboxylic acids is 2. The predicted molar refractivity (Wildman–Crippen MR) is 74.8 cm³/mol. The van der Waals surface area contributed by atoms with Gasteiger partial charge in [0.05, 0.1) is 13.2 Å². The van der Waals surface area contributed by atoms with Crippen LogP contribution in [0.3, 0.4) is 0 Å². The molecule has 2 rings (SSSR count). The zero-order chi connectivity index (χ0) is 15.2. The second-order valence-electron chi connectivity index (χ2n) is 4.42. The number of nitrogens with zero attached hydrogens (tertiary/aromatic N) is 1. The van der Waals surface area contributed by atoms with Crippen molar-refractivity contribution in [2.45, 2.75) is 0 Å². The van der Waals surface area contributed by atoms with Gasteiger partial charge in [0, 0.05) is 18.8 Å². The minimum absolute atomic E-state index is 0.0736. The first-order valence-electron chi connectivity index (χ1n) is 6.45. The normalized spacial score (nSPS) is 14.4. The summed E-state index contributed by atoms with van der Waals surface area (Å²) in [6.45, 7) is 1.71. The van der Waals surface area contributed by atoms with Gasteiger partial charge in [-0.05, 0) is 12.1 Å². The molecule has 0 bridgehead atoms. The molecule has 0 unspecified atom stereocenters. The van der Waals surface area contributed by atoms with Gasteiger partial charge < -0.3 is 25.2 Å². The second kappa shape index (κ2) is 6.76. The van der Waals surface area contributed by atoms with Gasteiger partial charge in [-0.1, -0.05) is 18.2 Å². The van der Waals surface area contributed by atoms with E-state index >= 15 is 0 Å². The highest BCUT2D eigenvalue weighted by Crippen LogP contribution is 2.18. The largest absolute Gasteiger partial charge is 0.477 e. The fraction of sp³-hybridized carbons (Fsp3) is 0.286. The molecule has 1 aromatic carbocycles. The Balaban J connectivity index is 2.39. The van der Waals surface area contributed by atoms with Gasteiger partial charge in [0.2, 0.25) is 0 Å². The Kier molecular flexibility index (Phi) is 4.78. The van der Waals surface area contributed by atoms with Crippen molar-refractivity contribution < 1.29 is 24.5 Å². The molecule has 7 nitrogen and oxygen atoms in total. The van der Waals surface area contributed by atoms with Gasteiger partial charge in [-0.2, -0.15) is 0 Å². The molecule has 0 amide bonds. The molecule has 0 saturated carbocycles. The van der Waals surface area contributed by atoms with Crippen molar-refractivity contribution in [3.05, 3.63) is 41.7 Å². The third-order valence-corrected chi connectivity index (χ3v) is 3.03. The molecule has 21 heavy (non-hydrogen) atoms. The molecule has 1 aliphatic heterocycles. The zero-order valence-corrected chi connectivity index (χ0v) is 11.3. The van der Waals surface area contributed by atoms with E-state index in [2.05, 4.69) is 5.32 Å². The standard InChI is InChI=1S/C14H16N2O5/c17-13(18)11(14(19)20)12(16-6-8-21-9-7-16)15-10-4-2-1-3-5-10/h1-5,15H,6-9H2,(H,17,18)(H,19,20). The van der Waals surface area contributed by atoms with E-state index in [1.165, 1.54) is 0 Å². The number of para-hydroxylation sites is 1. The van der Waals surface area contributed by atoms with Crippen LogP contribution in [0.1, 0.15) is 0 Å². The number of hydrogen-bond acceptors (Lipinski definition) is 5. The van der Waals surface area contributed by atoms with Crippen LogP contribution < -0.4 is 5.32 Å². The quantitative estimate of drug-likeness (QED) is 0.419. The Morgan fingerprint density at radius 1 is 1.05 bits per heavy atom. The first kappa shape index (κ1) is 14.9. The van der Waals surface area contributed by atoms with Gasteiger partial charge in [-0.25, -0.2) is 9.59 Å². The van der Waals surface area contributed by atoms with Gasteiger partial charge >= 0.3 is 11.9 Å². The molecule has 0 atom stereocenters. The van der Waals surface area contributed by atoms with Gasteiger partial charge in [-0.15, -0.1) is 0 Å². The number of hydrogen-bond donors (Lipinski definition) is 3. The van der Waals surface area contributed by atoms with E-state index in [4.69, 9.17) is 4.74 Å². The average molecular weight is 292 g/mol. The molecule has 1 aliphatic rings. The first-order chi connectivity index (χ1) is 10.1. The van der Waals surface area contributed by atoms with Crippen molar-refractivity contribution in [1.29, 1.82) is 0 Å². The van der Waals surface area contributed by atoms with Crippen molar-refractivity contribution in [1.82, 2.24) is 4.90 Å². The summed E-state index contributed by atoms with van der Waals surface area (Å²) in [6.07, 6.45) is 0. The molecule has 112 valence electrons. The smallest absolute Gasteiger partial charge is 0.346 e. The van der Waals surface area contributed by atoms with Gasteiger partial charge in [-0.3, -0.25) is 0 Å². The molecule has 1 aromatic rings. The molecule has 1 heterocycles. The van der Waals surface area contributed by atoms with Crippen molar-refractivity contribution in [3.63, 3.8) is 0 Å². The van der Waals surface area contributed by atoms with Gasteiger partial charge in [0.25, 0.3) is 0 Å². The summed E-state index contributed by atoms with van der Waals surface area (Å²) in [4.78, 5) is 24.2. The van der Waals surface area contributed by atoms with E-state index in [0.717, 1.165) is 0 Å². The molecule has 0 aromatic heterocycles. The van der Waals surface area contributed by atoms with Crippen LogP contribution in [0.2, 0.25) is 0 Å². The molecule has 0 aliphatic carbocycles. The average Bonchev–Trinajstić information content (AvgIpc) is 2.48. The number of carbonyl (C=O) groups is 2. The van der Waals surface area contributed by atoms with Crippen molar-refractivity contribution in [2.75, 3.05) is 31.6 Å². The van der Waals surface area contributed by atoms with Crippen LogP contribution in [0.5, 0.6) is 0 Å². The summed E-state index contributed by atoms with van der Waals surface area (Å²) in [5.74, 6) is -2.88. The topological polar surface area (TPSA) is 99.1 Å². The van der Waals surface area contributed by atoms with Gasteiger partial charge in [0.15, 0.2) is 5.57 Å². The summed E-state index contributed by atoms with van der Waals surface area (Å²) in [5.41, 5.74) is -0.0558. The van der Waals surface area contributed by atoms with Crippen LogP contribution in [0.15, 0.2) is 41.7 Å². The fourth-order valence-corrected chi connectivity index (χ4v) is 2.04. The fourth-order valence-electron chi connectivity index (χ4n) is 2.04. The Morgan fingerprint density at radius 3 is 2.14 bits per heavy atom. The molecule has 7 heteroatoms. The molecule has 0 radical (unpaired) electrons. The summed E-state index contributed by atoms with van der Waals surface area (Å²) in [6, 6.07) is 8.85. The lowest BCUT2D eigenvalue weighted by atomic mass is 10.2. The summed E-state index contributed by atoms with van der Waals surface area (Å²) < 4.78 is 5.21. The van der Waals surface area contributed by atoms with Crippen LogP contribution in [0.25, 0.3) is 0 Å². The number of ether oxygens (including phenoxy) is 1. The highest BCUT2D eigenvalue weighted by atomic mass is 16.5. The summed E-state index contributed by atoms with van der Waals surface area (Å²) in [5, 5.41) is 21.3. The number of carboxylic acid groups (broad SMARTS) is 2. The number of nitrogens with one attached hydrogen (secondary N) is 1. The number of benzene rings is 1. The Bertz CT molecular complexity index is 534. The monoisotopic (exact) mass is 292 g/mol. The maximum absolute atomic E-state index is 11.3. The Morgan fingerprint density at radius 2 is 1.62 bits per heavy atom. The molecule has 1 fully saturated rings. The van der Waals surface area contributed by atoms with Crippen LogP contribution in [0.4, 0.5) is 5.69 Å². The number of anilines is 1. The van der Waals surface area contributed by atoms with Crippen molar-refractivity contribution in [3.8, 4) is 0 Å². The Hall–Kier alpha value is -2.54. The van der Waals surface area contributed by atoms with E-state index in [1.54, 1.807) is 29.2 Å². The second-order valence-corrected chi connectivity index (χ2v) is 4.42. The lowest BCUT2D eigenvalue weighted by molar-refractivity contribution is -0.140. The first-order valence-corrected chi connectivity index (χ1v) is 6.45. The third-order valence-electron chi connectivity index (χ3n) is 3.03. The van der Waals surface area contributed by atoms with E-state index < -0.39 is 17.5 Å². The predicted octanol–water partition coefficient (Wildman–Crippen LogP) is 0.811. The maximum atomic E-state index is 11.3. The molecule has 3 N–H and O–H groups in total. The lowest BCUT2D eigenvalue weighted by Gasteiger charge is -2.32. The minimum Gasteiger partial charge on any atom is -0.477 e. The SMILES string of the molecule is O=C(O)C(C(=O)O)=C(Nc1ccccc1)N1CCOCC1. The molecular weight excluding hydrogens is 276 g/mol. The van der Waals surface area contributed by atoms with Crippen LogP contribution in [-0.4, -0.2) is 53.4 Å². The summed E-state index contributed by atoms with van der Waals surface area (Å²) >= 11 is 0. The van der Waals surface area contributed by atoms with E-state index in [9.17, 15) is 19.8 Å². The molecular formula is C14H16N2O5. The molecule has 1 saturated heterocycles. The summed E-state index contributed by atoms with van der Waals surface area (Å²) in [7, 11) is 0. The number of morpholine rings is 1. The van der Waals surface area contributed by atoms with Crippen molar-refractivity contribution >= 4 is 17.6 Å². The third kappa shape index (κ3) is 3.73. The maximum Gasteiger partial charge on any atom is 0.346 e. The van der Waals surface area contributed by atoms with E-state index in [0.29, 0.717) is 32.0 Å². The lowest BCUT2D eigenvalue weighted by Crippen LogP contribution is -2.40. The van der Waals surface area contributed by atoms with Gasteiger partial charge in [0.1, 0.15) is 5.82 Å². The molecule has 0 spiro atoms. The van der Waals surface area contributed by atoms with Crippen LogP contribution in [-0.2, 0) is 14.3 Å². The van der Waals surface area contributed by atoms with Crippen LogP contribution in [0, 0.1) is 0 Å². The minimum atomic E-state index is -1.48. The highest BCUT2D eigenvalue weighted by molar-refractivity contribution is 6.13. The number of carboxylic acids is 2. The highest BCUT2D eigenvalue weighted by Gasteiger charge is 2.27. The zero-order valence-electron chi connectivity index (χ0n) is 11.3. The van der Waals surface area contributed by atoms with Crippen LogP contribution >= 0.6 is 0 Å². The van der Waals surface area contributed by atoms with Crippen molar-refractivity contribution in [2.24, 2.45) is 0 Å². The van der Waals surface area contributed by atoms with E-state index in [-0.39, 0.29) is 5.82 Å². The Labute approximate surface area is 121 Å². The van der Waals surface area contributed by atoms with E-state index in [1.807, 2.05) is 6.07 Å². The number of rotatable bonds is 5.